The SMILES string of the molecule is CC1=NC(C2C=C3CC[C@H](NC(=O)c4cc(C(=O)NCC5C=Cc6cc(C(F)(F)F)oc6C5)ncn4)C3=CC2)NN1. The van der Waals surface area contributed by atoms with E-state index < -0.39 is 23.8 Å². The first kappa shape index (κ1) is 26.9. The average Bonchev–Trinajstić information content (AvgIpc) is 3.69. The third-order valence-corrected chi connectivity index (χ3v) is 7.69. The quantitative estimate of drug-likeness (QED) is 0.421. The lowest BCUT2D eigenvalue weighted by atomic mass is 9.89. The Labute approximate surface area is 233 Å². The van der Waals surface area contributed by atoms with Crippen LogP contribution >= 0.6 is 0 Å². The molecule has 0 aromatic carbocycles. The van der Waals surface area contributed by atoms with Gasteiger partial charge in [0, 0.05) is 36.4 Å². The van der Waals surface area contributed by atoms with Crippen molar-refractivity contribution in [1.29, 1.82) is 0 Å². The zero-order valence-corrected chi connectivity index (χ0v) is 22.1. The molecule has 0 saturated heterocycles. The number of amidine groups is 1. The third kappa shape index (κ3) is 5.67. The predicted molar refractivity (Wildman–Crippen MR) is 142 cm³/mol. The molecule has 3 aliphatic carbocycles. The molecule has 3 unspecified atom stereocenters. The van der Waals surface area contributed by atoms with Crippen LogP contribution in [0, 0.1) is 11.8 Å². The summed E-state index contributed by atoms with van der Waals surface area (Å²) in [5.41, 5.74) is 9.01. The molecular weight excluding hydrogens is 539 g/mol. The normalized spacial score (nSPS) is 24.9. The number of nitrogens with zero attached hydrogens (tertiary/aromatic N) is 3. The Kier molecular flexibility index (Phi) is 6.98. The minimum Gasteiger partial charge on any atom is -0.456 e. The van der Waals surface area contributed by atoms with Gasteiger partial charge in [0.25, 0.3) is 11.8 Å². The van der Waals surface area contributed by atoms with Crippen LogP contribution in [0.2, 0.25) is 0 Å². The maximum atomic E-state index is 13.0. The molecule has 1 saturated carbocycles. The van der Waals surface area contributed by atoms with E-state index in [0.29, 0.717) is 5.56 Å². The number of alkyl halides is 3. The maximum Gasteiger partial charge on any atom is 0.449 e. The first-order valence-corrected chi connectivity index (χ1v) is 13.4. The van der Waals surface area contributed by atoms with Gasteiger partial charge in [-0.15, -0.1) is 0 Å². The molecule has 0 radical (unpaired) electrons. The van der Waals surface area contributed by atoms with Crippen molar-refractivity contribution in [1.82, 2.24) is 31.5 Å². The molecule has 41 heavy (non-hydrogen) atoms. The van der Waals surface area contributed by atoms with Gasteiger partial charge in [-0.25, -0.2) is 15.4 Å². The number of halogens is 3. The fourth-order valence-electron chi connectivity index (χ4n) is 5.61. The summed E-state index contributed by atoms with van der Waals surface area (Å²) in [6, 6.07) is 2.15. The highest BCUT2D eigenvalue weighted by Crippen LogP contribution is 2.38. The highest BCUT2D eigenvalue weighted by Gasteiger charge is 2.37. The van der Waals surface area contributed by atoms with E-state index in [0.717, 1.165) is 43.1 Å². The fourth-order valence-corrected chi connectivity index (χ4v) is 5.61. The van der Waals surface area contributed by atoms with Gasteiger partial charge in [0.1, 0.15) is 35.5 Å². The van der Waals surface area contributed by atoms with Gasteiger partial charge in [0.15, 0.2) is 0 Å². The standard InChI is InChI=1S/C28H28F3N7O3/c1-14-35-25(38-37-14)18-4-6-19-16(9-18)5-7-20(19)36-27(40)22-11-21(33-13-34-22)26(39)32-12-15-2-3-17-10-24(28(29,30)31)41-23(17)8-15/h2-3,6,9-11,13,15,18,20,25,38H,4-5,7-8,12H2,1H3,(H,32,39)(H,35,37)(H,36,40)/t15?,18?,20-,25?/m0/s1. The Hall–Kier alpha value is -4.26. The number of aromatic nitrogens is 2. The first-order valence-electron chi connectivity index (χ1n) is 13.4. The monoisotopic (exact) mass is 567 g/mol. The fraction of sp³-hybridized carbons (Fsp3) is 0.393. The zero-order valence-electron chi connectivity index (χ0n) is 22.1. The summed E-state index contributed by atoms with van der Waals surface area (Å²) in [5, 5.41) is 5.76. The van der Waals surface area contributed by atoms with Crippen LogP contribution in [0.15, 0.2) is 57.2 Å². The largest absolute Gasteiger partial charge is 0.456 e. The average molecular weight is 568 g/mol. The number of hydrogen-bond donors (Lipinski definition) is 4. The second-order valence-electron chi connectivity index (χ2n) is 10.6. The third-order valence-electron chi connectivity index (χ3n) is 7.69. The minimum atomic E-state index is -4.56. The van der Waals surface area contributed by atoms with Crippen LogP contribution in [0.25, 0.3) is 6.08 Å². The summed E-state index contributed by atoms with van der Waals surface area (Å²) >= 11 is 0. The van der Waals surface area contributed by atoms with Crippen molar-refractivity contribution in [2.45, 2.75) is 51.0 Å². The predicted octanol–water partition coefficient (Wildman–Crippen LogP) is 3.32. The van der Waals surface area contributed by atoms with Gasteiger partial charge in [-0.3, -0.25) is 14.6 Å². The molecule has 4 N–H and O–H groups in total. The lowest BCUT2D eigenvalue weighted by Crippen LogP contribution is -2.39. The van der Waals surface area contributed by atoms with Gasteiger partial charge in [0.2, 0.25) is 5.76 Å². The number of carbonyl (C=O) groups excluding carboxylic acids is 2. The second kappa shape index (κ2) is 10.6. The van der Waals surface area contributed by atoms with Gasteiger partial charge < -0.3 is 20.5 Å². The summed E-state index contributed by atoms with van der Waals surface area (Å²) in [4.78, 5) is 38.4. The number of aliphatic imine (C=N–C) groups is 1. The van der Waals surface area contributed by atoms with E-state index in [1.165, 1.54) is 11.6 Å². The molecule has 0 spiro atoms. The molecule has 214 valence electrons. The van der Waals surface area contributed by atoms with Crippen LogP contribution in [-0.2, 0) is 12.6 Å². The molecular formula is C28H28F3N7O3. The van der Waals surface area contributed by atoms with E-state index in [1.54, 1.807) is 12.2 Å². The van der Waals surface area contributed by atoms with E-state index in [1.807, 2.05) is 6.92 Å². The van der Waals surface area contributed by atoms with Crippen molar-refractivity contribution in [2.75, 3.05) is 6.54 Å². The number of nitrogens with one attached hydrogen (secondary N) is 4. The molecule has 0 bridgehead atoms. The second-order valence-corrected chi connectivity index (χ2v) is 10.6. The van der Waals surface area contributed by atoms with Gasteiger partial charge in [0.05, 0.1) is 6.04 Å². The number of furan rings is 1. The van der Waals surface area contributed by atoms with Gasteiger partial charge >= 0.3 is 6.18 Å². The number of fused-ring (bicyclic) bond motifs is 2. The van der Waals surface area contributed by atoms with Crippen molar-refractivity contribution in [3.05, 3.63) is 76.3 Å². The molecule has 6 rings (SSSR count). The number of amides is 2. The Morgan fingerprint density at radius 2 is 1.98 bits per heavy atom. The molecule has 1 aliphatic heterocycles. The smallest absolute Gasteiger partial charge is 0.449 e. The van der Waals surface area contributed by atoms with E-state index in [2.05, 4.69) is 48.6 Å². The maximum absolute atomic E-state index is 13.0. The van der Waals surface area contributed by atoms with Crippen molar-refractivity contribution in [3.8, 4) is 0 Å². The molecule has 4 atom stereocenters. The molecule has 2 aromatic rings. The Morgan fingerprint density at radius 1 is 1.17 bits per heavy atom. The van der Waals surface area contributed by atoms with Crippen molar-refractivity contribution in [2.24, 2.45) is 16.8 Å². The lowest BCUT2D eigenvalue weighted by molar-refractivity contribution is -0.153. The van der Waals surface area contributed by atoms with Crippen LogP contribution in [0.4, 0.5) is 13.2 Å². The zero-order chi connectivity index (χ0) is 28.7. The number of hydrazine groups is 1. The number of carbonyl (C=O) groups is 2. The first-order chi connectivity index (χ1) is 19.6. The van der Waals surface area contributed by atoms with E-state index in [-0.39, 0.29) is 54.2 Å². The Balaban J connectivity index is 1.04. The van der Waals surface area contributed by atoms with Crippen molar-refractivity contribution < 1.29 is 27.2 Å². The molecule has 10 nitrogen and oxygen atoms in total. The van der Waals surface area contributed by atoms with Crippen LogP contribution in [0.3, 0.4) is 0 Å². The van der Waals surface area contributed by atoms with Crippen molar-refractivity contribution >= 4 is 23.7 Å². The Bertz CT molecular complexity index is 1510. The van der Waals surface area contributed by atoms with Gasteiger partial charge in [-0.2, -0.15) is 13.2 Å². The summed E-state index contributed by atoms with van der Waals surface area (Å²) in [6.45, 7) is 2.07. The van der Waals surface area contributed by atoms with Crippen molar-refractivity contribution in [3.63, 3.8) is 0 Å². The summed E-state index contributed by atoms with van der Waals surface area (Å²) in [6.07, 6.45) is 6.92. The summed E-state index contributed by atoms with van der Waals surface area (Å²) < 4.78 is 43.8. The van der Waals surface area contributed by atoms with Crippen LogP contribution in [0.1, 0.15) is 64.2 Å². The molecule has 13 heteroatoms. The number of rotatable bonds is 6. The van der Waals surface area contributed by atoms with Crippen LogP contribution in [0.5, 0.6) is 0 Å². The minimum absolute atomic E-state index is 0.0153. The lowest BCUT2D eigenvalue weighted by Gasteiger charge is -2.24. The summed E-state index contributed by atoms with van der Waals surface area (Å²) in [5.74, 6) is -0.898. The van der Waals surface area contributed by atoms with Gasteiger partial charge in [-0.1, -0.05) is 24.3 Å². The van der Waals surface area contributed by atoms with E-state index >= 15 is 0 Å². The molecule has 2 amide bonds. The molecule has 2 aromatic heterocycles. The topological polar surface area (TPSA) is 134 Å². The highest BCUT2D eigenvalue weighted by atomic mass is 19.4. The van der Waals surface area contributed by atoms with Crippen LogP contribution in [-0.4, -0.2) is 46.4 Å². The van der Waals surface area contributed by atoms with E-state index in [4.69, 9.17) is 4.42 Å². The summed E-state index contributed by atoms with van der Waals surface area (Å²) in [7, 11) is 0. The Morgan fingerprint density at radius 3 is 2.73 bits per heavy atom. The van der Waals surface area contributed by atoms with Gasteiger partial charge in [-0.05, 0) is 43.4 Å². The molecule has 3 heterocycles. The number of allylic oxidation sites excluding steroid dienone is 1. The van der Waals surface area contributed by atoms with E-state index in [9.17, 15) is 22.8 Å². The molecule has 4 aliphatic rings. The molecule has 1 fully saturated rings. The van der Waals surface area contributed by atoms with Crippen LogP contribution < -0.4 is 21.5 Å². The number of hydrogen-bond acceptors (Lipinski definition) is 8. The highest BCUT2D eigenvalue weighted by molar-refractivity contribution is 5.97.